The van der Waals surface area contributed by atoms with Gasteiger partial charge in [0, 0.05) is 26.8 Å². The van der Waals surface area contributed by atoms with E-state index in [1.54, 1.807) is 12.1 Å². The SMILES string of the molecule is O=C1C(c2ccccc2)=C(c2ccc(O)cc2)C(c2ccc(Br)cc2)=C1c1ccccc1. The first-order chi connectivity index (χ1) is 15.6. The third-order valence-electron chi connectivity index (χ3n) is 5.62. The molecule has 0 atom stereocenters. The molecule has 0 fully saturated rings. The third-order valence-corrected chi connectivity index (χ3v) is 6.15. The van der Waals surface area contributed by atoms with Crippen LogP contribution in [-0.4, -0.2) is 10.9 Å². The highest BCUT2D eigenvalue weighted by atomic mass is 79.9. The Morgan fingerprint density at radius 1 is 0.469 bits per heavy atom. The molecule has 4 aromatic carbocycles. The molecule has 0 radical (unpaired) electrons. The molecule has 0 aromatic heterocycles. The molecule has 5 rings (SSSR count). The summed E-state index contributed by atoms with van der Waals surface area (Å²) >= 11 is 3.52. The lowest BCUT2D eigenvalue weighted by atomic mass is 9.89. The summed E-state index contributed by atoms with van der Waals surface area (Å²) in [7, 11) is 0. The number of halogens is 1. The van der Waals surface area contributed by atoms with Gasteiger partial charge >= 0.3 is 0 Å². The molecule has 1 N–H and O–H groups in total. The van der Waals surface area contributed by atoms with Gasteiger partial charge in [0.1, 0.15) is 5.75 Å². The zero-order chi connectivity index (χ0) is 22.1. The third kappa shape index (κ3) is 3.61. The molecule has 4 aromatic rings. The minimum Gasteiger partial charge on any atom is -0.508 e. The van der Waals surface area contributed by atoms with Crippen molar-refractivity contribution in [2.75, 3.05) is 0 Å². The molecule has 3 heteroatoms. The highest BCUT2D eigenvalue weighted by Crippen LogP contribution is 2.49. The van der Waals surface area contributed by atoms with E-state index >= 15 is 0 Å². The molecule has 2 nitrogen and oxygen atoms in total. The molecule has 0 saturated heterocycles. The Morgan fingerprint density at radius 2 is 0.844 bits per heavy atom. The van der Waals surface area contributed by atoms with Gasteiger partial charge in [-0.05, 0) is 46.5 Å². The Hall–Kier alpha value is -3.69. The van der Waals surface area contributed by atoms with Crippen molar-refractivity contribution >= 4 is 44.0 Å². The summed E-state index contributed by atoms with van der Waals surface area (Å²) in [5, 5.41) is 9.88. The van der Waals surface area contributed by atoms with Crippen molar-refractivity contribution < 1.29 is 9.90 Å². The first-order valence-corrected chi connectivity index (χ1v) is 11.1. The van der Waals surface area contributed by atoms with Crippen LogP contribution in [0.3, 0.4) is 0 Å². The van der Waals surface area contributed by atoms with Crippen LogP contribution in [0.25, 0.3) is 22.3 Å². The van der Waals surface area contributed by atoms with Crippen LogP contribution < -0.4 is 0 Å². The predicted molar refractivity (Wildman–Crippen MR) is 134 cm³/mol. The van der Waals surface area contributed by atoms with Gasteiger partial charge in [0.25, 0.3) is 0 Å². The molecule has 0 bridgehead atoms. The quantitative estimate of drug-likeness (QED) is 0.335. The maximum atomic E-state index is 14.0. The van der Waals surface area contributed by atoms with E-state index in [4.69, 9.17) is 0 Å². The zero-order valence-corrected chi connectivity index (χ0v) is 18.7. The van der Waals surface area contributed by atoms with Crippen molar-refractivity contribution in [3.05, 3.63) is 136 Å². The van der Waals surface area contributed by atoms with Crippen LogP contribution in [0.4, 0.5) is 0 Å². The van der Waals surface area contributed by atoms with Gasteiger partial charge in [0.15, 0.2) is 5.78 Å². The Bertz CT molecular complexity index is 1240. The highest BCUT2D eigenvalue weighted by molar-refractivity contribution is 9.10. The van der Waals surface area contributed by atoms with Crippen molar-refractivity contribution in [1.82, 2.24) is 0 Å². The topological polar surface area (TPSA) is 37.3 Å². The lowest BCUT2D eigenvalue weighted by molar-refractivity contribution is -0.108. The van der Waals surface area contributed by atoms with E-state index in [0.29, 0.717) is 11.1 Å². The molecule has 1 aliphatic carbocycles. The Morgan fingerprint density at radius 3 is 1.28 bits per heavy atom. The van der Waals surface area contributed by atoms with E-state index in [9.17, 15) is 9.90 Å². The number of benzene rings is 4. The zero-order valence-electron chi connectivity index (χ0n) is 17.1. The fraction of sp³-hybridized carbons (Fsp3) is 0. The second-order valence-corrected chi connectivity index (χ2v) is 8.53. The lowest BCUT2D eigenvalue weighted by Gasteiger charge is -2.14. The first kappa shape index (κ1) is 20.2. The average molecular weight is 479 g/mol. The molecule has 0 aliphatic heterocycles. The number of hydrogen-bond acceptors (Lipinski definition) is 2. The Kier molecular flexibility index (Phi) is 5.34. The van der Waals surface area contributed by atoms with Crippen LogP contribution in [0.1, 0.15) is 22.3 Å². The molecular weight excluding hydrogens is 460 g/mol. The maximum Gasteiger partial charge on any atom is 0.195 e. The van der Waals surface area contributed by atoms with Gasteiger partial charge < -0.3 is 5.11 Å². The van der Waals surface area contributed by atoms with Crippen LogP contribution in [0.5, 0.6) is 5.75 Å². The second-order valence-electron chi connectivity index (χ2n) is 7.61. The summed E-state index contributed by atoms with van der Waals surface area (Å²) < 4.78 is 0.978. The van der Waals surface area contributed by atoms with Crippen molar-refractivity contribution in [3.8, 4) is 5.75 Å². The Labute approximate surface area is 195 Å². The van der Waals surface area contributed by atoms with E-state index in [-0.39, 0.29) is 11.5 Å². The Balaban J connectivity index is 1.87. The molecule has 0 amide bonds. The summed E-state index contributed by atoms with van der Waals surface area (Å²) in [4.78, 5) is 14.0. The smallest absolute Gasteiger partial charge is 0.195 e. The van der Waals surface area contributed by atoms with Crippen molar-refractivity contribution in [3.63, 3.8) is 0 Å². The fourth-order valence-electron chi connectivity index (χ4n) is 4.18. The largest absolute Gasteiger partial charge is 0.508 e. The number of phenolic OH excluding ortho intramolecular Hbond substituents is 1. The number of allylic oxidation sites excluding steroid dienone is 4. The monoisotopic (exact) mass is 478 g/mol. The van der Waals surface area contributed by atoms with E-state index < -0.39 is 0 Å². The van der Waals surface area contributed by atoms with Crippen LogP contribution in [0.2, 0.25) is 0 Å². The van der Waals surface area contributed by atoms with Crippen molar-refractivity contribution in [2.24, 2.45) is 0 Å². The molecular formula is C29H19BrO2. The van der Waals surface area contributed by atoms with Gasteiger partial charge in [0.05, 0.1) is 0 Å². The number of ketones is 1. The number of carbonyl (C=O) groups is 1. The number of rotatable bonds is 4. The fourth-order valence-corrected chi connectivity index (χ4v) is 4.45. The molecule has 0 unspecified atom stereocenters. The van der Waals surface area contributed by atoms with Gasteiger partial charge in [-0.2, -0.15) is 0 Å². The van der Waals surface area contributed by atoms with Gasteiger partial charge in [-0.3, -0.25) is 4.79 Å². The average Bonchev–Trinajstić information content (AvgIpc) is 3.14. The van der Waals surface area contributed by atoms with Crippen LogP contribution in [0.15, 0.2) is 114 Å². The van der Waals surface area contributed by atoms with Gasteiger partial charge in [-0.25, -0.2) is 0 Å². The lowest BCUT2D eigenvalue weighted by Crippen LogP contribution is -2.01. The van der Waals surface area contributed by atoms with Crippen molar-refractivity contribution in [1.29, 1.82) is 0 Å². The van der Waals surface area contributed by atoms with Gasteiger partial charge in [0.2, 0.25) is 0 Å². The number of carbonyl (C=O) groups excluding carboxylic acids is 1. The van der Waals surface area contributed by atoms with Crippen LogP contribution >= 0.6 is 15.9 Å². The van der Waals surface area contributed by atoms with Crippen LogP contribution in [0, 0.1) is 0 Å². The van der Waals surface area contributed by atoms with Gasteiger partial charge in [-0.15, -0.1) is 0 Å². The van der Waals surface area contributed by atoms with E-state index in [1.807, 2.05) is 97.1 Å². The first-order valence-electron chi connectivity index (χ1n) is 10.3. The summed E-state index contributed by atoms with van der Waals surface area (Å²) in [6, 6.07) is 34.7. The normalized spacial score (nSPS) is 13.7. The summed E-state index contributed by atoms with van der Waals surface area (Å²) in [6.07, 6.45) is 0. The number of Topliss-reactive ketones (excluding diaryl/α,β-unsaturated/α-hetero) is 1. The number of phenols is 1. The maximum absolute atomic E-state index is 14.0. The molecule has 32 heavy (non-hydrogen) atoms. The molecule has 0 spiro atoms. The summed E-state index contributed by atoms with van der Waals surface area (Å²) in [5.74, 6) is 0.195. The second kappa shape index (κ2) is 8.45. The predicted octanol–water partition coefficient (Wildman–Crippen LogP) is 7.26. The standard InChI is InChI=1S/C29H19BrO2/c30-23-15-11-21(12-16-23)25-26(22-13-17-24(31)18-14-22)28(20-9-5-2-6-10-20)29(32)27(25)19-7-3-1-4-8-19/h1-18,31H. The number of hydrogen-bond donors (Lipinski definition) is 1. The van der Waals surface area contributed by atoms with E-state index in [2.05, 4.69) is 15.9 Å². The van der Waals surface area contributed by atoms with Crippen molar-refractivity contribution in [2.45, 2.75) is 0 Å². The van der Waals surface area contributed by atoms with Gasteiger partial charge in [-0.1, -0.05) is 101 Å². The van der Waals surface area contributed by atoms with E-state index in [1.165, 1.54) is 0 Å². The number of aromatic hydroxyl groups is 1. The summed E-state index contributed by atoms with van der Waals surface area (Å²) in [6.45, 7) is 0. The van der Waals surface area contributed by atoms with Crippen LogP contribution in [-0.2, 0) is 4.79 Å². The molecule has 0 heterocycles. The highest BCUT2D eigenvalue weighted by Gasteiger charge is 2.35. The summed E-state index contributed by atoms with van der Waals surface area (Å²) in [5.41, 5.74) is 6.76. The minimum atomic E-state index is 0.00314. The molecule has 1 aliphatic rings. The minimum absolute atomic E-state index is 0.00314. The molecule has 154 valence electrons. The molecule has 0 saturated carbocycles. The van der Waals surface area contributed by atoms with E-state index in [0.717, 1.165) is 37.9 Å².